The number of hydrogen-bond donors (Lipinski definition) is 2. The lowest BCUT2D eigenvalue weighted by molar-refractivity contribution is -0.158. The highest BCUT2D eigenvalue weighted by Crippen LogP contribution is 2.32. The molecule has 34 heavy (non-hydrogen) atoms. The second-order valence-electron chi connectivity index (χ2n) is 7.55. The highest BCUT2D eigenvalue weighted by molar-refractivity contribution is 5.98. The number of aromatic nitrogens is 4. The maximum Gasteiger partial charge on any atom is 0.393 e. The van der Waals surface area contributed by atoms with Crippen LogP contribution >= 0.6 is 0 Å². The van der Waals surface area contributed by atoms with Crippen LogP contribution in [0.1, 0.15) is 12.8 Å². The van der Waals surface area contributed by atoms with Crippen LogP contribution in [0.4, 0.5) is 28.9 Å². The van der Waals surface area contributed by atoms with Gasteiger partial charge in [-0.1, -0.05) is 18.2 Å². The first-order chi connectivity index (χ1) is 16.3. The number of hydrogen-bond acceptors (Lipinski definition) is 6. The summed E-state index contributed by atoms with van der Waals surface area (Å²) in [5.74, 6) is -1.02. The predicted octanol–water partition coefficient (Wildman–Crippen LogP) is 4.27. The normalized spacial score (nSPS) is 14.9. The van der Waals surface area contributed by atoms with E-state index in [1.807, 2.05) is 0 Å². The van der Waals surface area contributed by atoms with Gasteiger partial charge in [0.15, 0.2) is 6.10 Å². The maximum atomic E-state index is 13.8. The number of rotatable bonds is 7. The number of tetrazole rings is 1. The summed E-state index contributed by atoms with van der Waals surface area (Å²) in [6, 6.07) is 12.5. The van der Waals surface area contributed by atoms with Crippen LogP contribution in [-0.4, -0.2) is 51.9 Å². The van der Waals surface area contributed by atoms with E-state index in [4.69, 9.17) is 4.74 Å². The molecule has 1 aromatic heterocycles. The molecule has 2 aromatic carbocycles. The molecule has 0 unspecified atom stereocenters. The Morgan fingerprint density at radius 2 is 2.00 bits per heavy atom. The van der Waals surface area contributed by atoms with Crippen molar-refractivity contribution in [2.24, 2.45) is 0 Å². The van der Waals surface area contributed by atoms with E-state index in [0.717, 1.165) is 0 Å². The summed E-state index contributed by atoms with van der Waals surface area (Å²) in [7, 11) is 0. The Hall–Kier alpha value is -3.96. The second-order valence-corrected chi connectivity index (χ2v) is 7.55. The maximum absolute atomic E-state index is 13.8. The molecule has 4 rings (SSSR count). The number of para-hydroxylation sites is 1. The molecule has 0 spiro atoms. The first kappa shape index (κ1) is 23.2. The molecule has 1 atom stereocenters. The molecule has 3 aromatic rings. The van der Waals surface area contributed by atoms with Gasteiger partial charge in [-0.2, -0.15) is 18.4 Å². The highest BCUT2D eigenvalue weighted by Gasteiger charge is 2.37. The zero-order valence-corrected chi connectivity index (χ0v) is 17.7. The van der Waals surface area contributed by atoms with Crippen molar-refractivity contribution < 1.29 is 27.1 Å². The van der Waals surface area contributed by atoms with Gasteiger partial charge in [0.2, 0.25) is 5.82 Å². The van der Waals surface area contributed by atoms with Crippen molar-refractivity contribution in [3.05, 3.63) is 60.4 Å². The van der Waals surface area contributed by atoms with Gasteiger partial charge in [0.1, 0.15) is 11.6 Å². The average molecular weight is 476 g/mol. The summed E-state index contributed by atoms with van der Waals surface area (Å²) < 4.78 is 58.6. The molecule has 0 bridgehead atoms. The van der Waals surface area contributed by atoms with E-state index >= 15 is 0 Å². The van der Waals surface area contributed by atoms with E-state index in [1.54, 1.807) is 35.2 Å². The molecule has 1 amide bonds. The predicted molar refractivity (Wildman–Crippen MR) is 116 cm³/mol. The lowest BCUT2D eigenvalue weighted by Gasteiger charge is -2.27. The van der Waals surface area contributed by atoms with E-state index in [0.29, 0.717) is 24.2 Å². The van der Waals surface area contributed by atoms with Crippen molar-refractivity contribution in [2.45, 2.75) is 25.1 Å². The van der Waals surface area contributed by atoms with Crippen molar-refractivity contribution in [1.29, 1.82) is 0 Å². The summed E-state index contributed by atoms with van der Waals surface area (Å²) in [5, 5.41) is 16.1. The van der Waals surface area contributed by atoms with Crippen LogP contribution in [0.2, 0.25) is 0 Å². The second kappa shape index (κ2) is 9.89. The van der Waals surface area contributed by atoms with E-state index in [2.05, 4.69) is 25.9 Å². The van der Waals surface area contributed by atoms with Gasteiger partial charge in [-0.25, -0.2) is 4.39 Å². The van der Waals surface area contributed by atoms with Crippen LogP contribution in [-0.2, 0) is 4.79 Å². The van der Waals surface area contributed by atoms with Crippen LogP contribution in [0.5, 0.6) is 5.75 Å². The van der Waals surface area contributed by atoms with Gasteiger partial charge < -0.3 is 15.0 Å². The summed E-state index contributed by atoms with van der Waals surface area (Å²) >= 11 is 0. The number of carbonyl (C=O) groups excluding carboxylic acids is 1. The third kappa shape index (κ3) is 5.88. The minimum Gasteiger partial charge on any atom is -0.480 e. The minimum atomic E-state index is -4.64. The fourth-order valence-corrected chi connectivity index (χ4v) is 3.50. The first-order valence-electron chi connectivity index (χ1n) is 10.4. The van der Waals surface area contributed by atoms with E-state index in [-0.39, 0.29) is 29.6 Å². The topological polar surface area (TPSA) is 96.0 Å². The number of anilines is 2. The molecular weight excluding hydrogens is 456 g/mol. The lowest BCUT2D eigenvalue weighted by Crippen LogP contribution is -2.37. The van der Waals surface area contributed by atoms with Crippen LogP contribution in [0, 0.1) is 0 Å². The zero-order valence-electron chi connectivity index (χ0n) is 17.7. The van der Waals surface area contributed by atoms with Crippen molar-refractivity contribution in [2.75, 3.05) is 23.3 Å². The highest BCUT2D eigenvalue weighted by atomic mass is 19.4. The van der Waals surface area contributed by atoms with Crippen LogP contribution in [0.3, 0.4) is 0 Å². The molecule has 0 fully saturated rings. The fourth-order valence-electron chi connectivity index (χ4n) is 3.50. The Balaban J connectivity index is 1.61. The number of ether oxygens (including phenoxy) is 1. The molecule has 0 saturated carbocycles. The third-order valence-corrected chi connectivity index (χ3v) is 5.05. The monoisotopic (exact) mass is 476 g/mol. The molecule has 2 N–H and O–H groups in total. The Morgan fingerprint density at radius 1 is 1.21 bits per heavy atom. The molecule has 12 heteroatoms. The lowest BCUT2D eigenvalue weighted by atomic mass is 10.1. The number of benzene rings is 2. The minimum absolute atomic E-state index is 0.0793. The van der Waals surface area contributed by atoms with Crippen LogP contribution < -0.4 is 15.0 Å². The smallest absolute Gasteiger partial charge is 0.393 e. The van der Waals surface area contributed by atoms with Gasteiger partial charge >= 0.3 is 6.18 Å². The van der Waals surface area contributed by atoms with Gasteiger partial charge in [0.05, 0.1) is 18.7 Å². The molecule has 2 heterocycles. The molecule has 1 aliphatic heterocycles. The number of amides is 1. The molecule has 1 aliphatic rings. The molecule has 0 saturated heterocycles. The Morgan fingerprint density at radius 3 is 2.68 bits per heavy atom. The summed E-state index contributed by atoms with van der Waals surface area (Å²) in [6.45, 7) is 0.652. The molecule has 0 aliphatic carbocycles. The van der Waals surface area contributed by atoms with Gasteiger partial charge in [0, 0.05) is 17.8 Å². The van der Waals surface area contributed by atoms with E-state index in [9.17, 15) is 22.4 Å². The molecule has 8 nitrogen and oxygen atoms in total. The summed E-state index contributed by atoms with van der Waals surface area (Å²) in [4.78, 5) is 14.7. The van der Waals surface area contributed by atoms with E-state index < -0.39 is 24.6 Å². The quantitative estimate of drug-likeness (QED) is 0.495. The third-order valence-electron chi connectivity index (χ3n) is 5.05. The van der Waals surface area contributed by atoms with Gasteiger partial charge in [0.25, 0.3) is 5.91 Å². The first-order valence-corrected chi connectivity index (χ1v) is 10.4. The number of H-pyrrole nitrogens is 1. The van der Waals surface area contributed by atoms with Gasteiger partial charge in [-0.15, -0.1) is 10.2 Å². The molecular formula is C22H20F4N6O2. The van der Waals surface area contributed by atoms with Crippen LogP contribution in [0.25, 0.3) is 11.4 Å². The summed E-state index contributed by atoms with van der Waals surface area (Å²) in [6.07, 6.45) is -5.91. The van der Waals surface area contributed by atoms with Gasteiger partial charge in [-0.05, 0) is 48.0 Å². The SMILES string of the molecule is O=C(Nc1ccc(N2CCC=C(F)C2)cc1-c1nn[nH]n1)[C@H](CC(F)(F)F)Oc1ccccc1. The number of nitrogens with one attached hydrogen (secondary N) is 2. The number of alkyl halides is 3. The number of carbonyl (C=O) groups is 1. The molecule has 178 valence electrons. The van der Waals surface area contributed by atoms with Crippen molar-refractivity contribution in [1.82, 2.24) is 20.6 Å². The summed E-state index contributed by atoms with van der Waals surface area (Å²) in [5.41, 5.74) is 1.10. The number of halogens is 4. The standard InChI is InChI=1S/C22H20F4N6O2/c23-14-5-4-10-32(13-14)15-8-9-18(17(11-15)20-28-30-31-29-20)27-21(33)19(12-22(24,25)26)34-16-6-2-1-3-7-16/h1-3,5-9,11,19H,4,10,12-13H2,(H,27,33)(H,28,29,30,31)/t19-/m0/s1. The average Bonchev–Trinajstić information content (AvgIpc) is 3.33. The van der Waals surface area contributed by atoms with E-state index in [1.165, 1.54) is 24.3 Å². The van der Waals surface area contributed by atoms with Gasteiger partial charge in [-0.3, -0.25) is 4.79 Å². The number of aromatic amines is 1. The number of nitrogens with zero attached hydrogens (tertiary/aromatic N) is 4. The Kier molecular flexibility index (Phi) is 6.75. The van der Waals surface area contributed by atoms with Crippen molar-refractivity contribution >= 4 is 17.3 Å². The Labute approximate surface area is 191 Å². The Bertz CT molecular complexity index is 1150. The molecule has 0 radical (unpaired) electrons. The van der Waals surface area contributed by atoms with Crippen molar-refractivity contribution in [3.8, 4) is 17.1 Å². The largest absolute Gasteiger partial charge is 0.480 e. The van der Waals surface area contributed by atoms with Crippen LogP contribution in [0.15, 0.2) is 60.4 Å². The van der Waals surface area contributed by atoms with Crippen molar-refractivity contribution in [3.63, 3.8) is 0 Å². The fraction of sp³-hybridized carbons (Fsp3) is 0.273. The zero-order chi connectivity index (χ0) is 24.1.